The molecule has 5 heteroatoms. The van der Waals surface area contributed by atoms with Crippen LogP contribution in [-0.2, 0) is 4.79 Å². The number of amides is 2. The van der Waals surface area contributed by atoms with Crippen LogP contribution in [0, 0.1) is 6.92 Å². The average molecular weight is 255 g/mol. The van der Waals surface area contributed by atoms with Crippen molar-refractivity contribution in [2.45, 2.75) is 19.2 Å². The van der Waals surface area contributed by atoms with Crippen molar-refractivity contribution in [3.8, 4) is 0 Å². The Morgan fingerprint density at radius 1 is 1.35 bits per heavy atom. The summed E-state index contributed by atoms with van der Waals surface area (Å²) in [5.74, 6) is -0.483. The van der Waals surface area contributed by atoms with Gasteiger partial charge in [-0.1, -0.05) is 6.07 Å². The highest BCUT2D eigenvalue weighted by Gasteiger charge is 2.12. The van der Waals surface area contributed by atoms with E-state index in [1.807, 2.05) is 6.92 Å². The van der Waals surface area contributed by atoms with Crippen molar-refractivity contribution in [2.24, 2.45) is 0 Å². The minimum atomic E-state index is -0.613. The summed E-state index contributed by atoms with van der Waals surface area (Å²) in [7, 11) is 1.56. The summed E-state index contributed by atoms with van der Waals surface area (Å²) in [5.41, 5.74) is 1.97. The second kappa shape index (κ2) is 5.68. The van der Waals surface area contributed by atoms with Gasteiger partial charge in [-0.25, -0.2) is 0 Å². The lowest BCUT2D eigenvalue weighted by molar-refractivity contribution is -0.115. The number of anilines is 1. The van der Waals surface area contributed by atoms with Crippen molar-refractivity contribution in [3.05, 3.63) is 29.3 Å². The summed E-state index contributed by atoms with van der Waals surface area (Å²) < 4.78 is 0. The Kier molecular flexibility index (Phi) is 4.52. The molecule has 0 fully saturated rings. The SMILES string of the molecule is CNC(=O)c1ccc(C)c(NC(=O)C(C)Cl)c1. The molecule has 0 spiro atoms. The van der Waals surface area contributed by atoms with Crippen LogP contribution in [0.15, 0.2) is 18.2 Å². The number of alkyl halides is 1. The predicted octanol–water partition coefficient (Wildman–Crippen LogP) is 1.92. The molecule has 1 aromatic carbocycles. The molecule has 1 atom stereocenters. The zero-order valence-corrected chi connectivity index (χ0v) is 10.8. The van der Waals surface area contributed by atoms with E-state index in [-0.39, 0.29) is 11.8 Å². The third-order valence-electron chi connectivity index (χ3n) is 2.35. The number of aryl methyl sites for hydroxylation is 1. The number of hydrogen-bond donors (Lipinski definition) is 2. The van der Waals surface area contributed by atoms with E-state index in [0.717, 1.165) is 5.56 Å². The van der Waals surface area contributed by atoms with Gasteiger partial charge in [0.1, 0.15) is 5.38 Å². The summed E-state index contributed by atoms with van der Waals surface area (Å²) in [4.78, 5) is 22.9. The highest BCUT2D eigenvalue weighted by molar-refractivity contribution is 6.32. The maximum atomic E-state index is 11.5. The summed E-state index contributed by atoms with van der Waals surface area (Å²) in [6, 6.07) is 5.11. The van der Waals surface area contributed by atoms with Crippen LogP contribution in [-0.4, -0.2) is 24.2 Å². The maximum absolute atomic E-state index is 11.5. The van der Waals surface area contributed by atoms with Gasteiger partial charge in [0.2, 0.25) is 5.91 Å². The largest absolute Gasteiger partial charge is 0.355 e. The first-order valence-electron chi connectivity index (χ1n) is 5.23. The van der Waals surface area contributed by atoms with Crippen LogP contribution >= 0.6 is 11.6 Å². The van der Waals surface area contributed by atoms with Crippen molar-refractivity contribution in [2.75, 3.05) is 12.4 Å². The number of rotatable bonds is 3. The molecule has 0 saturated carbocycles. The lowest BCUT2D eigenvalue weighted by Gasteiger charge is -2.11. The Bertz CT molecular complexity index is 444. The standard InChI is InChI=1S/C12H15ClN2O2/c1-7-4-5-9(12(17)14-3)6-10(7)15-11(16)8(2)13/h4-6,8H,1-3H3,(H,14,17)(H,15,16). The van der Waals surface area contributed by atoms with Crippen LogP contribution in [0.25, 0.3) is 0 Å². The van der Waals surface area contributed by atoms with Crippen molar-refractivity contribution in [1.29, 1.82) is 0 Å². The summed E-state index contributed by atoms with van der Waals surface area (Å²) >= 11 is 5.67. The smallest absolute Gasteiger partial charge is 0.251 e. The van der Waals surface area contributed by atoms with Crippen LogP contribution in [0.1, 0.15) is 22.8 Å². The van der Waals surface area contributed by atoms with E-state index in [1.165, 1.54) is 0 Å². The number of benzene rings is 1. The highest BCUT2D eigenvalue weighted by Crippen LogP contribution is 2.17. The Labute approximate surface area is 105 Å². The van der Waals surface area contributed by atoms with Gasteiger partial charge in [0.15, 0.2) is 0 Å². The highest BCUT2D eigenvalue weighted by atomic mass is 35.5. The molecule has 92 valence electrons. The van der Waals surface area contributed by atoms with E-state index in [1.54, 1.807) is 32.2 Å². The molecule has 1 aromatic rings. The minimum absolute atomic E-state index is 0.195. The Morgan fingerprint density at radius 3 is 2.53 bits per heavy atom. The second-order valence-corrected chi connectivity index (χ2v) is 4.37. The van der Waals surface area contributed by atoms with Gasteiger partial charge >= 0.3 is 0 Å². The molecule has 0 aliphatic carbocycles. The molecule has 2 amide bonds. The first kappa shape index (κ1) is 13.5. The topological polar surface area (TPSA) is 58.2 Å². The molecule has 0 aliphatic heterocycles. The van der Waals surface area contributed by atoms with Crippen LogP contribution in [0.2, 0.25) is 0 Å². The number of hydrogen-bond acceptors (Lipinski definition) is 2. The Balaban J connectivity index is 2.99. The van der Waals surface area contributed by atoms with Crippen LogP contribution in [0.4, 0.5) is 5.69 Å². The molecular weight excluding hydrogens is 240 g/mol. The van der Waals surface area contributed by atoms with Gasteiger partial charge in [-0.15, -0.1) is 11.6 Å². The molecule has 0 radical (unpaired) electrons. The summed E-state index contributed by atoms with van der Waals surface area (Å²) in [6.07, 6.45) is 0. The molecule has 17 heavy (non-hydrogen) atoms. The van der Waals surface area contributed by atoms with Gasteiger partial charge in [-0.05, 0) is 31.5 Å². The van der Waals surface area contributed by atoms with Crippen LogP contribution in [0.5, 0.6) is 0 Å². The second-order valence-electron chi connectivity index (χ2n) is 3.71. The number of halogens is 1. The van der Waals surface area contributed by atoms with Gasteiger partial charge in [-0.2, -0.15) is 0 Å². The predicted molar refractivity (Wildman–Crippen MR) is 68.5 cm³/mol. The molecule has 0 saturated heterocycles. The Morgan fingerprint density at radius 2 is 2.00 bits per heavy atom. The van der Waals surface area contributed by atoms with Crippen molar-refractivity contribution in [3.63, 3.8) is 0 Å². The zero-order chi connectivity index (χ0) is 13.0. The van der Waals surface area contributed by atoms with Crippen LogP contribution < -0.4 is 10.6 Å². The van der Waals surface area contributed by atoms with E-state index < -0.39 is 5.38 Å². The molecule has 2 N–H and O–H groups in total. The van der Waals surface area contributed by atoms with Gasteiger partial charge in [0.05, 0.1) is 0 Å². The fourth-order valence-electron chi connectivity index (χ4n) is 1.27. The summed E-state index contributed by atoms with van der Waals surface area (Å²) in [5, 5.41) is 4.59. The minimum Gasteiger partial charge on any atom is -0.355 e. The van der Waals surface area contributed by atoms with E-state index in [0.29, 0.717) is 11.3 Å². The molecule has 1 unspecified atom stereocenters. The lowest BCUT2D eigenvalue weighted by Crippen LogP contribution is -2.22. The first-order valence-corrected chi connectivity index (χ1v) is 5.67. The van der Waals surface area contributed by atoms with Gasteiger partial charge in [0.25, 0.3) is 5.91 Å². The summed E-state index contributed by atoms with van der Waals surface area (Å²) in [6.45, 7) is 3.44. The normalized spacial score (nSPS) is 11.8. The van der Waals surface area contributed by atoms with Crippen molar-refractivity contribution >= 4 is 29.1 Å². The Hall–Kier alpha value is -1.55. The molecule has 0 heterocycles. The molecule has 0 aromatic heterocycles. The number of carbonyl (C=O) groups is 2. The van der Waals surface area contributed by atoms with Crippen LogP contribution in [0.3, 0.4) is 0 Å². The maximum Gasteiger partial charge on any atom is 0.251 e. The molecular formula is C12H15ClN2O2. The fourth-order valence-corrected chi connectivity index (χ4v) is 1.33. The van der Waals surface area contributed by atoms with E-state index >= 15 is 0 Å². The lowest BCUT2D eigenvalue weighted by atomic mass is 10.1. The third-order valence-corrected chi connectivity index (χ3v) is 2.54. The average Bonchev–Trinajstić information content (AvgIpc) is 2.30. The van der Waals surface area contributed by atoms with Crippen molar-refractivity contribution < 1.29 is 9.59 Å². The monoisotopic (exact) mass is 254 g/mol. The van der Waals surface area contributed by atoms with Gasteiger partial charge in [-0.3, -0.25) is 9.59 Å². The van der Waals surface area contributed by atoms with E-state index in [2.05, 4.69) is 10.6 Å². The number of nitrogens with one attached hydrogen (secondary N) is 2. The van der Waals surface area contributed by atoms with E-state index in [9.17, 15) is 9.59 Å². The number of carbonyl (C=O) groups excluding carboxylic acids is 2. The molecule has 1 rings (SSSR count). The zero-order valence-electron chi connectivity index (χ0n) is 10.0. The van der Waals surface area contributed by atoms with Gasteiger partial charge < -0.3 is 10.6 Å². The fraction of sp³-hybridized carbons (Fsp3) is 0.333. The van der Waals surface area contributed by atoms with Gasteiger partial charge in [0, 0.05) is 18.3 Å². The van der Waals surface area contributed by atoms with Crippen molar-refractivity contribution in [1.82, 2.24) is 5.32 Å². The molecule has 0 bridgehead atoms. The third kappa shape index (κ3) is 3.46. The first-order chi connectivity index (χ1) is 7.95. The molecule has 0 aliphatic rings. The molecule has 4 nitrogen and oxygen atoms in total. The van der Waals surface area contributed by atoms with E-state index in [4.69, 9.17) is 11.6 Å². The quantitative estimate of drug-likeness (QED) is 0.810.